The highest BCUT2D eigenvalue weighted by molar-refractivity contribution is 5.96. The lowest BCUT2D eigenvalue weighted by molar-refractivity contribution is -0.147. The molecule has 1 amide bonds. The van der Waals surface area contributed by atoms with Crippen molar-refractivity contribution < 1.29 is 14.3 Å². The van der Waals surface area contributed by atoms with Gasteiger partial charge in [0.1, 0.15) is 5.82 Å². The van der Waals surface area contributed by atoms with E-state index in [0.717, 1.165) is 31.2 Å². The summed E-state index contributed by atoms with van der Waals surface area (Å²) in [7, 11) is 1.39. The third-order valence-corrected chi connectivity index (χ3v) is 4.49. The first-order valence-electron chi connectivity index (χ1n) is 7.23. The summed E-state index contributed by atoms with van der Waals surface area (Å²) in [6, 6.07) is 1.97. The molecule has 1 fully saturated rings. The van der Waals surface area contributed by atoms with Crippen molar-refractivity contribution >= 4 is 17.7 Å². The Kier molecular flexibility index (Phi) is 3.53. The number of nitrogens with two attached hydrogens (primary N) is 1. The molecule has 0 bridgehead atoms. The van der Waals surface area contributed by atoms with Crippen LogP contribution < -0.4 is 5.73 Å². The van der Waals surface area contributed by atoms with E-state index in [-0.39, 0.29) is 23.8 Å². The summed E-state index contributed by atoms with van der Waals surface area (Å²) in [5.74, 6) is -0.0675. The van der Waals surface area contributed by atoms with Crippen LogP contribution in [-0.4, -0.2) is 41.5 Å². The largest absolute Gasteiger partial charge is 0.469 e. The van der Waals surface area contributed by atoms with Crippen molar-refractivity contribution in [1.82, 2.24) is 9.88 Å². The van der Waals surface area contributed by atoms with E-state index in [0.29, 0.717) is 17.9 Å². The minimum Gasteiger partial charge on any atom is -0.469 e. The van der Waals surface area contributed by atoms with E-state index in [9.17, 15) is 9.59 Å². The monoisotopic (exact) mass is 289 g/mol. The maximum Gasteiger partial charge on any atom is 0.310 e. The van der Waals surface area contributed by atoms with Gasteiger partial charge in [0, 0.05) is 18.8 Å². The van der Waals surface area contributed by atoms with E-state index in [4.69, 9.17) is 10.5 Å². The van der Waals surface area contributed by atoms with E-state index in [2.05, 4.69) is 4.98 Å². The fourth-order valence-corrected chi connectivity index (χ4v) is 3.33. The molecule has 1 saturated heterocycles. The molecule has 0 aromatic carbocycles. The third-order valence-electron chi connectivity index (χ3n) is 4.49. The number of esters is 1. The zero-order valence-electron chi connectivity index (χ0n) is 12.0. The Bertz CT molecular complexity index is 588. The molecule has 1 aromatic heterocycles. The summed E-state index contributed by atoms with van der Waals surface area (Å²) in [5, 5.41) is 0. The van der Waals surface area contributed by atoms with Crippen LogP contribution in [0.2, 0.25) is 0 Å². The fraction of sp³-hybridized carbons (Fsp3) is 0.533. The summed E-state index contributed by atoms with van der Waals surface area (Å²) >= 11 is 0. The van der Waals surface area contributed by atoms with Gasteiger partial charge in [-0.3, -0.25) is 9.59 Å². The fourth-order valence-electron chi connectivity index (χ4n) is 3.33. The van der Waals surface area contributed by atoms with Gasteiger partial charge < -0.3 is 15.4 Å². The molecule has 0 saturated carbocycles. The number of pyridine rings is 1. The average molecular weight is 289 g/mol. The molecule has 112 valence electrons. The van der Waals surface area contributed by atoms with Crippen LogP contribution in [0.4, 0.5) is 5.82 Å². The summed E-state index contributed by atoms with van der Waals surface area (Å²) < 4.78 is 4.82. The number of aromatic nitrogens is 1. The Labute approximate surface area is 123 Å². The Morgan fingerprint density at radius 2 is 2.24 bits per heavy atom. The summed E-state index contributed by atoms with van der Waals surface area (Å²) in [5.41, 5.74) is 7.27. The number of hydrogen-bond donors (Lipinski definition) is 1. The minimum atomic E-state index is -0.235. The van der Waals surface area contributed by atoms with Gasteiger partial charge in [-0.2, -0.15) is 0 Å². The second-order valence-electron chi connectivity index (χ2n) is 5.71. The number of fused-ring (bicyclic) bond motifs is 2. The molecule has 2 aliphatic heterocycles. The number of carbonyl (C=O) groups is 2. The molecular weight excluding hydrogens is 270 g/mol. The first kappa shape index (κ1) is 13.9. The normalized spacial score (nSPS) is 24.8. The van der Waals surface area contributed by atoms with E-state index in [1.54, 1.807) is 12.3 Å². The van der Waals surface area contributed by atoms with Crippen LogP contribution in [0.1, 0.15) is 35.2 Å². The summed E-state index contributed by atoms with van der Waals surface area (Å²) in [6.07, 6.45) is 4.88. The molecule has 2 atom stereocenters. The van der Waals surface area contributed by atoms with Gasteiger partial charge in [0.05, 0.1) is 18.6 Å². The van der Waals surface area contributed by atoms with Crippen LogP contribution in [-0.2, 0) is 16.0 Å². The highest BCUT2D eigenvalue weighted by Crippen LogP contribution is 2.31. The van der Waals surface area contributed by atoms with Crippen LogP contribution >= 0.6 is 0 Å². The molecule has 0 aliphatic carbocycles. The molecular formula is C15H19N3O3. The number of nitrogens with zero attached hydrogens (tertiary/aromatic N) is 2. The van der Waals surface area contributed by atoms with Gasteiger partial charge in [0.25, 0.3) is 5.91 Å². The highest BCUT2D eigenvalue weighted by atomic mass is 16.5. The minimum absolute atomic E-state index is 0.0476. The van der Waals surface area contributed by atoms with Crippen molar-refractivity contribution in [1.29, 1.82) is 0 Å². The number of anilines is 1. The van der Waals surface area contributed by atoms with Crippen molar-refractivity contribution in [2.45, 2.75) is 31.7 Å². The first-order valence-corrected chi connectivity index (χ1v) is 7.23. The van der Waals surface area contributed by atoms with Gasteiger partial charge in [-0.05, 0) is 37.3 Å². The van der Waals surface area contributed by atoms with Crippen molar-refractivity contribution in [3.63, 3.8) is 0 Å². The molecule has 3 rings (SSSR count). The number of piperidine rings is 1. The van der Waals surface area contributed by atoms with Crippen molar-refractivity contribution in [3.8, 4) is 0 Å². The summed E-state index contributed by atoms with van der Waals surface area (Å²) in [6.45, 7) is 0.431. The Morgan fingerprint density at radius 1 is 1.43 bits per heavy atom. The van der Waals surface area contributed by atoms with Crippen LogP contribution in [0.15, 0.2) is 12.3 Å². The molecule has 6 heteroatoms. The molecule has 0 radical (unpaired) electrons. The lowest BCUT2D eigenvalue weighted by atomic mass is 9.91. The predicted octanol–water partition coefficient (Wildman–Crippen LogP) is 1.00. The number of methoxy groups -OCH3 is 1. The van der Waals surface area contributed by atoms with Crippen molar-refractivity contribution in [2.24, 2.45) is 5.92 Å². The summed E-state index contributed by atoms with van der Waals surface area (Å²) in [4.78, 5) is 30.3. The molecule has 2 N–H and O–H groups in total. The topological polar surface area (TPSA) is 85.5 Å². The van der Waals surface area contributed by atoms with Crippen molar-refractivity contribution in [3.05, 3.63) is 23.4 Å². The van der Waals surface area contributed by atoms with Gasteiger partial charge in [-0.15, -0.1) is 0 Å². The van der Waals surface area contributed by atoms with Crippen LogP contribution in [0.25, 0.3) is 0 Å². The van der Waals surface area contributed by atoms with Gasteiger partial charge in [0.2, 0.25) is 0 Å². The standard InChI is InChI=1S/C15H19N3O3/c1-21-15(20)10-3-5-11-4-2-9-6-13(16)17-7-12(9)14(19)18(11)8-10/h6-7,10-11H,2-5,8H2,1H3,(H2,16,17)/t10-,11-/m1/s1. The number of rotatable bonds is 1. The van der Waals surface area contributed by atoms with E-state index in [1.165, 1.54) is 7.11 Å². The van der Waals surface area contributed by atoms with Crippen LogP contribution in [0, 0.1) is 5.92 Å². The zero-order chi connectivity index (χ0) is 15.0. The first-order chi connectivity index (χ1) is 10.1. The van der Waals surface area contributed by atoms with E-state index >= 15 is 0 Å². The Hall–Kier alpha value is -2.11. The van der Waals surface area contributed by atoms with Gasteiger partial charge in [-0.1, -0.05) is 0 Å². The average Bonchev–Trinajstić information content (AvgIpc) is 2.63. The maximum absolute atomic E-state index is 12.7. The molecule has 1 aromatic rings. The molecule has 0 unspecified atom stereocenters. The van der Waals surface area contributed by atoms with Gasteiger partial charge in [-0.25, -0.2) is 4.98 Å². The maximum atomic E-state index is 12.7. The lowest BCUT2D eigenvalue weighted by Gasteiger charge is -2.37. The third kappa shape index (κ3) is 2.46. The molecule has 3 heterocycles. The Balaban J connectivity index is 1.89. The van der Waals surface area contributed by atoms with E-state index in [1.807, 2.05) is 4.90 Å². The number of carbonyl (C=O) groups excluding carboxylic acids is 2. The number of ether oxygens (including phenoxy) is 1. The quantitative estimate of drug-likeness (QED) is 0.780. The van der Waals surface area contributed by atoms with Crippen molar-refractivity contribution in [2.75, 3.05) is 19.4 Å². The van der Waals surface area contributed by atoms with E-state index < -0.39 is 0 Å². The van der Waals surface area contributed by atoms with Crippen LogP contribution in [0.5, 0.6) is 0 Å². The number of nitrogen functional groups attached to an aromatic ring is 1. The SMILES string of the molecule is COC(=O)[C@@H]1CC[C@H]2CCc3cc(N)ncc3C(=O)N2C1. The molecule has 6 nitrogen and oxygen atoms in total. The number of aryl methyl sites for hydroxylation is 1. The predicted molar refractivity (Wildman–Crippen MR) is 76.5 cm³/mol. The van der Waals surface area contributed by atoms with Crippen LogP contribution in [0.3, 0.4) is 0 Å². The van der Waals surface area contributed by atoms with Gasteiger partial charge in [0.15, 0.2) is 0 Å². The second kappa shape index (κ2) is 5.35. The van der Waals surface area contributed by atoms with Gasteiger partial charge >= 0.3 is 5.97 Å². The second-order valence-corrected chi connectivity index (χ2v) is 5.71. The molecule has 2 aliphatic rings. The number of hydrogen-bond acceptors (Lipinski definition) is 5. The zero-order valence-corrected chi connectivity index (χ0v) is 12.0. The molecule has 0 spiro atoms. The highest BCUT2D eigenvalue weighted by Gasteiger charge is 2.37. The lowest BCUT2D eigenvalue weighted by Crippen LogP contribution is -2.48. The Morgan fingerprint density at radius 3 is 3.00 bits per heavy atom. The smallest absolute Gasteiger partial charge is 0.310 e. The molecule has 21 heavy (non-hydrogen) atoms. The number of amides is 1.